The van der Waals surface area contributed by atoms with E-state index in [0.29, 0.717) is 6.42 Å². The maximum atomic E-state index is 12.6. The van der Waals surface area contributed by atoms with Crippen LogP contribution in [0.2, 0.25) is 0 Å². The molecule has 0 aliphatic carbocycles. The second-order valence-electron chi connectivity index (χ2n) is 7.26. The summed E-state index contributed by atoms with van der Waals surface area (Å²) >= 11 is 0. The van der Waals surface area contributed by atoms with Crippen LogP contribution < -0.4 is 5.32 Å². The third kappa shape index (κ3) is 5.99. The van der Waals surface area contributed by atoms with Crippen LogP contribution in [-0.2, 0) is 11.2 Å². The van der Waals surface area contributed by atoms with E-state index in [4.69, 9.17) is 10.2 Å². The lowest BCUT2D eigenvalue weighted by molar-refractivity contribution is -0.147. The number of amides is 1. The van der Waals surface area contributed by atoms with Crippen LogP contribution in [0, 0.1) is 0 Å². The van der Waals surface area contributed by atoms with E-state index >= 15 is 0 Å². The summed E-state index contributed by atoms with van der Waals surface area (Å²) in [7, 11) is 0. The molecule has 1 amide bonds. The van der Waals surface area contributed by atoms with Gasteiger partial charge in [0.15, 0.2) is 6.10 Å². The lowest BCUT2D eigenvalue weighted by Gasteiger charge is -2.20. The minimum atomic E-state index is -1.64. The largest absolute Gasteiger partial charge is 0.479 e. The van der Waals surface area contributed by atoms with Gasteiger partial charge in [-0.05, 0) is 35.2 Å². The predicted molar refractivity (Wildman–Crippen MR) is 116 cm³/mol. The van der Waals surface area contributed by atoms with Crippen molar-refractivity contribution < 1.29 is 29.7 Å². The van der Waals surface area contributed by atoms with Gasteiger partial charge in [0.1, 0.15) is 5.69 Å². The van der Waals surface area contributed by atoms with Crippen molar-refractivity contribution >= 4 is 17.8 Å². The number of pyridine rings is 1. The van der Waals surface area contributed by atoms with Gasteiger partial charge < -0.3 is 20.6 Å². The molecule has 0 bridgehead atoms. The Morgan fingerprint density at radius 1 is 0.875 bits per heavy atom. The summed E-state index contributed by atoms with van der Waals surface area (Å²) < 4.78 is 0. The first kappa shape index (κ1) is 22.6. The predicted octanol–water partition coefficient (Wildman–Crippen LogP) is 2.62. The number of aliphatic carboxylic acids is 1. The van der Waals surface area contributed by atoms with Crippen LogP contribution in [0.5, 0.6) is 0 Å². The fourth-order valence-electron chi connectivity index (χ4n) is 3.24. The summed E-state index contributed by atoms with van der Waals surface area (Å²) in [6.07, 6.45) is -0.400. The smallest absolute Gasteiger partial charge is 0.354 e. The zero-order valence-corrected chi connectivity index (χ0v) is 17.0. The number of nitrogens with zero attached hydrogens (tertiary/aromatic N) is 1. The molecule has 1 heterocycles. The molecule has 2 aromatic carbocycles. The average molecular weight is 434 g/mol. The van der Waals surface area contributed by atoms with Crippen LogP contribution in [0.4, 0.5) is 0 Å². The Kier molecular flexibility index (Phi) is 7.30. The number of hydrogen-bond donors (Lipinski definition) is 4. The molecule has 0 aliphatic rings. The molecule has 164 valence electrons. The fraction of sp³-hybridized carbons (Fsp3) is 0.167. The van der Waals surface area contributed by atoms with Crippen LogP contribution >= 0.6 is 0 Å². The molecule has 1 aromatic heterocycles. The number of aromatic carboxylic acids is 1. The van der Waals surface area contributed by atoms with Crippen molar-refractivity contribution in [3.63, 3.8) is 0 Å². The Balaban J connectivity index is 1.74. The first-order chi connectivity index (χ1) is 15.3. The topological polar surface area (TPSA) is 137 Å². The van der Waals surface area contributed by atoms with Gasteiger partial charge in [-0.2, -0.15) is 0 Å². The SMILES string of the molecule is O=C(N[C@H](Cc1ccc(-c2ccccc2)cc1)CC(O)C(=O)O)c1ccc(C(=O)O)nc1. The Morgan fingerprint density at radius 2 is 1.53 bits per heavy atom. The molecule has 1 unspecified atom stereocenters. The van der Waals surface area contributed by atoms with Crippen molar-refractivity contribution in [2.45, 2.75) is 25.0 Å². The summed E-state index contributed by atoms with van der Waals surface area (Å²) in [6, 6.07) is 19.3. The van der Waals surface area contributed by atoms with Crippen molar-refractivity contribution in [1.82, 2.24) is 10.3 Å². The average Bonchev–Trinajstić information content (AvgIpc) is 2.80. The van der Waals surface area contributed by atoms with Crippen LogP contribution in [0.1, 0.15) is 32.8 Å². The van der Waals surface area contributed by atoms with E-state index in [1.165, 1.54) is 12.1 Å². The van der Waals surface area contributed by atoms with Crippen molar-refractivity contribution in [3.8, 4) is 11.1 Å². The molecular formula is C24H22N2O6. The van der Waals surface area contributed by atoms with Crippen LogP contribution in [-0.4, -0.2) is 50.3 Å². The number of hydrogen-bond acceptors (Lipinski definition) is 5. The molecule has 0 saturated carbocycles. The van der Waals surface area contributed by atoms with Crippen LogP contribution in [0.25, 0.3) is 11.1 Å². The van der Waals surface area contributed by atoms with E-state index < -0.39 is 30.0 Å². The van der Waals surface area contributed by atoms with E-state index in [1.54, 1.807) is 0 Å². The molecule has 2 atom stereocenters. The zero-order valence-electron chi connectivity index (χ0n) is 17.0. The number of aromatic nitrogens is 1. The highest BCUT2D eigenvalue weighted by atomic mass is 16.4. The number of carbonyl (C=O) groups excluding carboxylic acids is 1. The highest BCUT2D eigenvalue weighted by molar-refractivity contribution is 5.95. The summed E-state index contributed by atoms with van der Waals surface area (Å²) in [5, 5.41) is 30.5. The number of rotatable bonds is 9. The minimum Gasteiger partial charge on any atom is -0.479 e. The second kappa shape index (κ2) is 10.3. The summed E-state index contributed by atoms with van der Waals surface area (Å²) in [5.74, 6) is -3.13. The van der Waals surface area contributed by atoms with Gasteiger partial charge in [0.25, 0.3) is 5.91 Å². The first-order valence-corrected chi connectivity index (χ1v) is 9.89. The maximum absolute atomic E-state index is 12.6. The molecule has 3 rings (SSSR count). The molecule has 0 aliphatic heterocycles. The molecule has 4 N–H and O–H groups in total. The number of aliphatic hydroxyl groups is 1. The molecule has 0 saturated heterocycles. The Labute approximate surface area is 184 Å². The van der Waals surface area contributed by atoms with Gasteiger partial charge in [-0.15, -0.1) is 0 Å². The van der Waals surface area contributed by atoms with Gasteiger partial charge in [-0.1, -0.05) is 54.6 Å². The molecule has 0 fully saturated rings. The van der Waals surface area contributed by atoms with E-state index in [2.05, 4.69) is 10.3 Å². The lowest BCUT2D eigenvalue weighted by atomic mass is 9.97. The normalized spacial score (nSPS) is 12.5. The molecule has 0 spiro atoms. The van der Waals surface area contributed by atoms with E-state index in [0.717, 1.165) is 22.9 Å². The third-order valence-electron chi connectivity index (χ3n) is 4.92. The number of nitrogens with one attached hydrogen (secondary N) is 1. The molecule has 32 heavy (non-hydrogen) atoms. The van der Waals surface area contributed by atoms with Gasteiger partial charge in [0.2, 0.25) is 0 Å². The number of carboxylic acid groups (broad SMARTS) is 2. The van der Waals surface area contributed by atoms with E-state index in [9.17, 15) is 19.5 Å². The van der Waals surface area contributed by atoms with E-state index in [1.807, 2.05) is 54.6 Å². The highest BCUT2D eigenvalue weighted by Crippen LogP contribution is 2.20. The van der Waals surface area contributed by atoms with Gasteiger partial charge in [0, 0.05) is 18.7 Å². The van der Waals surface area contributed by atoms with E-state index in [-0.39, 0.29) is 17.7 Å². The molecular weight excluding hydrogens is 412 g/mol. The summed E-state index contributed by atoms with van der Waals surface area (Å²) in [4.78, 5) is 38.3. The van der Waals surface area contributed by atoms with Crippen molar-refractivity contribution in [2.24, 2.45) is 0 Å². The van der Waals surface area contributed by atoms with Crippen LogP contribution in [0.3, 0.4) is 0 Å². The Bertz CT molecular complexity index is 1080. The number of carbonyl (C=O) groups is 3. The molecule has 8 nitrogen and oxygen atoms in total. The van der Waals surface area contributed by atoms with Crippen molar-refractivity contribution in [2.75, 3.05) is 0 Å². The van der Waals surface area contributed by atoms with Gasteiger partial charge in [0.05, 0.1) is 5.56 Å². The molecule has 0 radical (unpaired) electrons. The Morgan fingerprint density at radius 3 is 2.09 bits per heavy atom. The molecule has 3 aromatic rings. The number of aliphatic hydroxyl groups excluding tert-OH is 1. The minimum absolute atomic E-state index is 0.129. The first-order valence-electron chi connectivity index (χ1n) is 9.89. The van der Waals surface area contributed by atoms with Crippen LogP contribution in [0.15, 0.2) is 72.9 Å². The van der Waals surface area contributed by atoms with Gasteiger partial charge in [-0.25, -0.2) is 14.6 Å². The second-order valence-corrected chi connectivity index (χ2v) is 7.26. The number of benzene rings is 2. The Hall–Kier alpha value is -4.04. The maximum Gasteiger partial charge on any atom is 0.354 e. The monoisotopic (exact) mass is 434 g/mol. The summed E-state index contributed by atoms with van der Waals surface area (Å²) in [6.45, 7) is 0. The van der Waals surface area contributed by atoms with Crippen molar-refractivity contribution in [1.29, 1.82) is 0 Å². The third-order valence-corrected chi connectivity index (χ3v) is 4.92. The highest BCUT2D eigenvalue weighted by Gasteiger charge is 2.23. The standard InChI is InChI=1S/C24H22N2O6/c27-21(24(31)32)13-19(26-22(28)18-10-11-20(23(29)30)25-14-18)12-15-6-8-17(9-7-15)16-4-2-1-3-5-16/h1-11,14,19,21,27H,12-13H2,(H,26,28)(H,29,30)(H,31,32)/t19-,21?/m1/s1. The number of carboxylic acids is 2. The van der Waals surface area contributed by atoms with Gasteiger partial charge in [-0.3, -0.25) is 4.79 Å². The van der Waals surface area contributed by atoms with Crippen molar-refractivity contribution in [3.05, 3.63) is 89.7 Å². The lowest BCUT2D eigenvalue weighted by Crippen LogP contribution is -2.40. The fourth-order valence-corrected chi connectivity index (χ4v) is 3.24. The quantitative estimate of drug-likeness (QED) is 0.406. The molecule has 8 heteroatoms. The van der Waals surface area contributed by atoms with Gasteiger partial charge >= 0.3 is 11.9 Å². The zero-order chi connectivity index (χ0) is 23.1. The summed E-state index contributed by atoms with van der Waals surface area (Å²) in [5.41, 5.74) is 2.86.